The van der Waals surface area contributed by atoms with Crippen LogP contribution in [0, 0.1) is 35.5 Å². The summed E-state index contributed by atoms with van der Waals surface area (Å²) in [7, 11) is 0. The topological polar surface area (TPSA) is 0 Å². The summed E-state index contributed by atoms with van der Waals surface area (Å²) in [4.78, 5) is 0. The summed E-state index contributed by atoms with van der Waals surface area (Å²) in [6, 6.07) is 0. The van der Waals surface area contributed by atoms with E-state index in [-0.39, 0.29) is 0 Å². The first-order valence-corrected chi connectivity index (χ1v) is 12.4. The molecule has 4 aliphatic rings. The lowest BCUT2D eigenvalue weighted by Gasteiger charge is -2.51. The third-order valence-electron chi connectivity index (χ3n) is 7.08. The second-order valence-electron chi connectivity index (χ2n) is 7.55. The summed E-state index contributed by atoms with van der Waals surface area (Å²) < 4.78 is 0. The van der Waals surface area contributed by atoms with Crippen molar-refractivity contribution in [2.24, 2.45) is 35.5 Å². The fourth-order valence-corrected chi connectivity index (χ4v) is 6.45. The summed E-state index contributed by atoms with van der Waals surface area (Å²) >= 11 is 0. The van der Waals surface area contributed by atoms with Crippen LogP contribution in [0.1, 0.15) is 126 Å². The average molecular weight is 353 g/mol. The number of hydrogen-bond acceptors (Lipinski definition) is 0. The Balaban J connectivity index is 0.000000642. The second-order valence-corrected chi connectivity index (χ2v) is 7.55. The molecular formula is C25H52. The van der Waals surface area contributed by atoms with Crippen molar-refractivity contribution >= 4 is 0 Å². The zero-order valence-corrected chi connectivity index (χ0v) is 19.2. The second kappa shape index (κ2) is 15.1. The van der Waals surface area contributed by atoms with E-state index in [2.05, 4.69) is 0 Å². The number of hydrogen-bond donors (Lipinski definition) is 0. The monoisotopic (exact) mass is 352 g/mol. The van der Waals surface area contributed by atoms with Crippen molar-refractivity contribution in [1.82, 2.24) is 0 Å². The Morgan fingerprint density at radius 2 is 0.680 bits per heavy atom. The largest absolute Gasteiger partial charge is 0.0683 e. The zero-order chi connectivity index (χ0) is 19.2. The molecule has 152 valence electrons. The Kier molecular flexibility index (Phi) is 15.1. The molecule has 6 unspecified atom stereocenters. The fourth-order valence-electron chi connectivity index (χ4n) is 6.45. The van der Waals surface area contributed by atoms with Gasteiger partial charge in [0, 0.05) is 0 Å². The molecule has 0 aromatic heterocycles. The van der Waals surface area contributed by atoms with Crippen molar-refractivity contribution < 1.29 is 0 Å². The summed E-state index contributed by atoms with van der Waals surface area (Å²) in [5, 5.41) is 0. The molecule has 0 aliphatic heterocycles. The third kappa shape index (κ3) is 6.28. The van der Waals surface area contributed by atoms with Crippen molar-refractivity contribution in [1.29, 1.82) is 0 Å². The third-order valence-corrected chi connectivity index (χ3v) is 7.08. The highest BCUT2D eigenvalue weighted by atomic mass is 14.5. The van der Waals surface area contributed by atoms with E-state index in [1.807, 2.05) is 55.4 Å². The lowest BCUT2D eigenvalue weighted by Crippen LogP contribution is -2.43. The molecule has 6 atom stereocenters. The molecule has 0 amide bonds. The fraction of sp³-hybridized carbons (Fsp3) is 1.00. The molecule has 0 N–H and O–H groups in total. The van der Waals surface area contributed by atoms with E-state index in [4.69, 9.17) is 0 Å². The van der Waals surface area contributed by atoms with Gasteiger partial charge >= 0.3 is 0 Å². The van der Waals surface area contributed by atoms with Gasteiger partial charge in [0.15, 0.2) is 0 Å². The minimum absolute atomic E-state index is 1.16. The summed E-state index contributed by atoms with van der Waals surface area (Å²) in [5.41, 5.74) is 0. The van der Waals surface area contributed by atoms with Gasteiger partial charge in [0.25, 0.3) is 0 Å². The van der Waals surface area contributed by atoms with Crippen LogP contribution in [0.5, 0.6) is 0 Å². The first-order valence-electron chi connectivity index (χ1n) is 12.4. The van der Waals surface area contributed by atoms with Gasteiger partial charge in [0.05, 0.1) is 0 Å². The Labute approximate surface area is 161 Å². The Morgan fingerprint density at radius 1 is 0.320 bits per heavy atom. The van der Waals surface area contributed by atoms with Crippen LogP contribution in [0.25, 0.3) is 0 Å². The van der Waals surface area contributed by atoms with E-state index < -0.39 is 0 Å². The van der Waals surface area contributed by atoms with E-state index in [1.54, 1.807) is 70.6 Å². The molecule has 25 heavy (non-hydrogen) atoms. The van der Waals surface area contributed by atoms with Crippen LogP contribution in [-0.2, 0) is 0 Å². The normalized spacial score (nSPS) is 37.4. The molecule has 4 rings (SSSR count). The van der Waals surface area contributed by atoms with Crippen molar-refractivity contribution in [3.8, 4) is 0 Å². The van der Waals surface area contributed by atoms with Crippen molar-refractivity contribution in [2.75, 3.05) is 0 Å². The van der Waals surface area contributed by atoms with Crippen LogP contribution in [0.4, 0.5) is 0 Å². The Bertz CT molecular complexity index is 282. The zero-order valence-electron chi connectivity index (χ0n) is 19.2. The molecule has 4 saturated carbocycles. The van der Waals surface area contributed by atoms with Crippen molar-refractivity contribution in [3.05, 3.63) is 0 Å². The van der Waals surface area contributed by atoms with Gasteiger partial charge in [-0.1, -0.05) is 87.5 Å². The molecule has 0 heterocycles. The van der Waals surface area contributed by atoms with Gasteiger partial charge in [0.2, 0.25) is 0 Å². The molecule has 0 aromatic carbocycles. The van der Waals surface area contributed by atoms with Crippen LogP contribution in [0.2, 0.25) is 0 Å². The van der Waals surface area contributed by atoms with Crippen LogP contribution in [-0.4, -0.2) is 0 Å². The molecule has 0 nitrogen and oxygen atoms in total. The predicted molar refractivity (Wildman–Crippen MR) is 117 cm³/mol. The van der Waals surface area contributed by atoms with E-state index in [1.165, 1.54) is 23.7 Å². The molecule has 4 fully saturated rings. The average Bonchev–Trinajstić information content (AvgIpc) is 3.23. The number of fused-ring (bicyclic) bond motifs is 5. The van der Waals surface area contributed by atoms with Gasteiger partial charge in [-0.05, 0) is 74.0 Å². The van der Waals surface area contributed by atoms with E-state index >= 15 is 0 Å². The minimum atomic E-state index is 1.16. The first-order chi connectivity index (χ1) is 12.4. The maximum Gasteiger partial charge on any atom is -0.0352 e. The molecule has 0 saturated heterocycles. The Hall–Kier alpha value is 0. The summed E-state index contributed by atoms with van der Waals surface area (Å²) in [6.45, 7) is 16.0. The summed E-state index contributed by atoms with van der Waals surface area (Å²) in [6.07, 6.45) is 17.5. The smallest absolute Gasteiger partial charge is 0.0352 e. The van der Waals surface area contributed by atoms with Gasteiger partial charge in [0.1, 0.15) is 0 Å². The van der Waals surface area contributed by atoms with Crippen molar-refractivity contribution in [2.45, 2.75) is 126 Å². The van der Waals surface area contributed by atoms with E-state index in [9.17, 15) is 0 Å². The van der Waals surface area contributed by atoms with Crippen LogP contribution in [0.15, 0.2) is 0 Å². The molecule has 0 heteroatoms. The van der Waals surface area contributed by atoms with Gasteiger partial charge in [-0.25, -0.2) is 0 Å². The molecule has 0 aromatic rings. The van der Waals surface area contributed by atoms with E-state index in [0.29, 0.717) is 0 Å². The highest BCUT2D eigenvalue weighted by molar-refractivity contribution is 4.98. The van der Waals surface area contributed by atoms with Crippen LogP contribution < -0.4 is 0 Å². The van der Waals surface area contributed by atoms with Gasteiger partial charge in [-0.3, -0.25) is 0 Å². The highest BCUT2D eigenvalue weighted by Gasteiger charge is 2.48. The SMILES string of the molecule is C1CCC2C(C1)CCC1C3CCCC3CCC21.CC.CC.CC.CC. The first kappa shape index (κ1) is 25.0. The molecule has 4 aliphatic carbocycles. The van der Waals surface area contributed by atoms with Gasteiger partial charge < -0.3 is 0 Å². The molecule has 0 radical (unpaired) electrons. The van der Waals surface area contributed by atoms with Gasteiger partial charge in [-0.15, -0.1) is 0 Å². The Morgan fingerprint density at radius 3 is 1.16 bits per heavy atom. The van der Waals surface area contributed by atoms with Crippen LogP contribution >= 0.6 is 0 Å². The molecular weight excluding hydrogens is 300 g/mol. The standard InChI is InChI=1S/C17H28.4C2H6/c1-2-6-14-12(4-1)8-10-17-15-7-3-5-13(15)9-11-16(14)17;4*1-2/h12-17H,1-11H2;4*1-2H3. The lowest BCUT2D eigenvalue weighted by atomic mass is 9.54. The molecule has 0 bridgehead atoms. The van der Waals surface area contributed by atoms with Crippen LogP contribution in [0.3, 0.4) is 0 Å². The maximum absolute atomic E-state index is 2.00. The quantitative estimate of drug-likeness (QED) is 0.407. The van der Waals surface area contributed by atoms with Gasteiger partial charge in [-0.2, -0.15) is 0 Å². The number of rotatable bonds is 0. The minimum Gasteiger partial charge on any atom is -0.0683 e. The lowest BCUT2D eigenvalue weighted by molar-refractivity contribution is -0.0184. The highest BCUT2D eigenvalue weighted by Crippen LogP contribution is 2.57. The van der Waals surface area contributed by atoms with Crippen molar-refractivity contribution in [3.63, 3.8) is 0 Å². The van der Waals surface area contributed by atoms with E-state index in [0.717, 1.165) is 11.8 Å². The maximum atomic E-state index is 2.00. The summed E-state index contributed by atoms with van der Waals surface area (Å²) in [5.74, 6) is 7.02. The molecule has 0 spiro atoms. The predicted octanol–water partition coefficient (Wildman–Crippen LogP) is 9.13.